The van der Waals surface area contributed by atoms with Gasteiger partial charge in [0.1, 0.15) is 5.56 Å². The van der Waals surface area contributed by atoms with Gasteiger partial charge in [0.25, 0.3) is 11.5 Å². The minimum absolute atomic E-state index is 0.0341. The average Bonchev–Trinajstić information content (AvgIpc) is 3.23. The minimum Gasteiger partial charge on any atom is -0.298 e. The molecule has 0 unspecified atom stereocenters. The maximum Gasteiger partial charge on any atom is 0.280 e. The van der Waals surface area contributed by atoms with Gasteiger partial charge in [-0.2, -0.15) is 5.10 Å². The molecule has 5 aromatic rings. The zero-order valence-corrected chi connectivity index (χ0v) is 18.0. The highest BCUT2D eigenvalue weighted by molar-refractivity contribution is 7.22. The number of thiazole rings is 1. The molecule has 0 atom stereocenters. The van der Waals surface area contributed by atoms with Crippen molar-refractivity contribution in [2.45, 2.75) is 0 Å². The summed E-state index contributed by atoms with van der Waals surface area (Å²) in [5, 5.41) is 7.79. The molecule has 0 fully saturated rings. The number of rotatable bonds is 4. The van der Waals surface area contributed by atoms with Crippen molar-refractivity contribution in [2.24, 2.45) is 7.05 Å². The Kier molecular flexibility index (Phi) is 5.09. The van der Waals surface area contributed by atoms with Crippen LogP contribution in [0.3, 0.4) is 0 Å². The van der Waals surface area contributed by atoms with Gasteiger partial charge < -0.3 is 0 Å². The van der Waals surface area contributed by atoms with Gasteiger partial charge >= 0.3 is 0 Å². The lowest BCUT2D eigenvalue weighted by Crippen LogP contribution is -2.31. The van der Waals surface area contributed by atoms with Crippen molar-refractivity contribution >= 4 is 32.6 Å². The first-order chi connectivity index (χ1) is 15.6. The molecule has 3 aromatic carbocycles. The number of amides is 1. The number of hydrogen-bond acceptors (Lipinski definition) is 5. The smallest absolute Gasteiger partial charge is 0.280 e. The molecule has 0 saturated heterocycles. The summed E-state index contributed by atoms with van der Waals surface area (Å²) in [6.45, 7) is 0. The lowest BCUT2D eigenvalue weighted by molar-refractivity contribution is 0.102. The van der Waals surface area contributed by atoms with Crippen molar-refractivity contribution < 1.29 is 4.79 Å². The number of fused-ring (bicyclic) bond motifs is 1. The lowest BCUT2D eigenvalue weighted by Gasteiger charge is -2.15. The highest BCUT2D eigenvalue weighted by Crippen LogP contribution is 2.33. The third kappa shape index (κ3) is 3.59. The number of aromatic nitrogens is 3. The Balaban J connectivity index is 1.70. The summed E-state index contributed by atoms with van der Waals surface area (Å²) in [5.74, 6) is -0.511. The Hall–Kier alpha value is -4.10. The van der Waals surface area contributed by atoms with Gasteiger partial charge in [0, 0.05) is 18.2 Å². The van der Waals surface area contributed by atoms with Crippen LogP contribution in [-0.4, -0.2) is 20.7 Å². The van der Waals surface area contributed by atoms with Crippen molar-refractivity contribution in [1.82, 2.24) is 14.8 Å². The van der Waals surface area contributed by atoms with Gasteiger partial charge in [-0.1, -0.05) is 84.1 Å². The van der Waals surface area contributed by atoms with Crippen LogP contribution in [0.5, 0.6) is 0 Å². The Labute approximate surface area is 187 Å². The number of anilines is 1. The molecule has 0 bridgehead atoms. The second-order valence-electron chi connectivity index (χ2n) is 7.20. The fourth-order valence-electron chi connectivity index (χ4n) is 3.61. The normalized spacial score (nSPS) is 10.9. The van der Waals surface area contributed by atoms with Crippen molar-refractivity contribution in [3.63, 3.8) is 0 Å². The molecule has 6 nitrogen and oxygen atoms in total. The quantitative estimate of drug-likeness (QED) is 0.430. The molecule has 0 aliphatic rings. The molecule has 0 aliphatic carbocycles. The monoisotopic (exact) mass is 438 g/mol. The first-order valence-corrected chi connectivity index (χ1v) is 10.8. The van der Waals surface area contributed by atoms with Gasteiger partial charge in [-0.05, 0) is 17.7 Å². The van der Waals surface area contributed by atoms with Gasteiger partial charge in [0.2, 0.25) is 0 Å². The molecule has 32 heavy (non-hydrogen) atoms. The SMILES string of the molecule is Cn1nc(-c2ccccc2)c(-c2ccccc2)c(C(=O)Nc2nc3ccccc3s2)c1=O. The zero-order valence-electron chi connectivity index (χ0n) is 17.1. The van der Waals surface area contributed by atoms with E-state index in [0.29, 0.717) is 16.4 Å². The molecule has 1 N–H and O–H groups in total. The van der Waals surface area contributed by atoms with Gasteiger partial charge in [0.15, 0.2) is 5.13 Å². The summed E-state index contributed by atoms with van der Waals surface area (Å²) in [5.41, 5.74) is 2.98. The van der Waals surface area contributed by atoms with Crippen LogP contribution >= 0.6 is 11.3 Å². The molecular formula is C25H18N4O2S. The van der Waals surface area contributed by atoms with Crippen LogP contribution < -0.4 is 10.9 Å². The Morgan fingerprint density at radius 3 is 2.19 bits per heavy atom. The minimum atomic E-state index is -0.511. The largest absolute Gasteiger partial charge is 0.298 e. The van der Waals surface area contributed by atoms with E-state index in [1.807, 2.05) is 84.9 Å². The van der Waals surface area contributed by atoms with Gasteiger partial charge in [0.05, 0.1) is 15.9 Å². The molecule has 1 amide bonds. The summed E-state index contributed by atoms with van der Waals surface area (Å²) < 4.78 is 2.17. The number of carbonyl (C=O) groups excluding carboxylic acids is 1. The number of para-hydroxylation sites is 1. The van der Waals surface area contributed by atoms with E-state index in [-0.39, 0.29) is 5.56 Å². The van der Waals surface area contributed by atoms with E-state index in [9.17, 15) is 9.59 Å². The van der Waals surface area contributed by atoms with E-state index in [2.05, 4.69) is 15.4 Å². The summed E-state index contributed by atoms with van der Waals surface area (Å²) in [6.07, 6.45) is 0. The molecule has 0 aliphatic heterocycles. The third-order valence-corrected chi connectivity index (χ3v) is 6.05. The summed E-state index contributed by atoms with van der Waals surface area (Å²) in [6, 6.07) is 26.6. The van der Waals surface area contributed by atoms with Crippen molar-refractivity contribution in [3.05, 3.63) is 101 Å². The predicted molar refractivity (Wildman–Crippen MR) is 128 cm³/mol. The van der Waals surface area contributed by atoms with E-state index >= 15 is 0 Å². The summed E-state index contributed by atoms with van der Waals surface area (Å²) >= 11 is 1.37. The summed E-state index contributed by atoms with van der Waals surface area (Å²) in [4.78, 5) is 31.1. The predicted octanol–water partition coefficient (Wildman–Crippen LogP) is 4.98. The molecule has 0 saturated carbocycles. The standard InChI is InChI=1S/C25H18N4O2S/c1-29-24(31)21(23(30)27-25-26-18-14-8-9-15-19(18)32-25)20(16-10-4-2-5-11-16)22(28-29)17-12-6-3-7-13-17/h2-15H,1H3,(H,26,27,30). The number of hydrogen-bond donors (Lipinski definition) is 1. The first kappa shape index (κ1) is 19.8. The number of nitrogens with zero attached hydrogens (tertiary/aromatic N) is 3. The van der Waals surface area contributed by atoms with Crippen LogP contribution in [0, 0.1) is 0 Å². The van der Waals surface area contributed by atoms with E-state index in [1.54, 1.807) is 7.05 Å². The third-order valence-electron chi connectivity index (χ3n) is 5.10. The molecule has 7 heteroatoms. The van der Waals surface area contributed by atoms with E-state index in [4.69, 9.17) is 0 Å². The van der Waals surface area contributed by atoms with Crippen molar-refractivity contribution in [2.75, 3.05) is 5.32 Å². The Bertz CT molecular complexity index is 1460. The molecule has 0 radical (unpaired) electrons. The van der Waals surface area contributed by atoms with Gasteiger partial charge in [-0.3, -0.25) is 14.9 Å². The van der Waals surface area contributed by atoms with E-state index in [1.165, 1.54) is 16.0 Å². The fourth-order valence-corrected chi connectivity index (χ4v) is 4.47. The Morgan fingerprint density at radius 2 is 1.50 bits per heavy atom. The highest BCUT2D eigenvalue weighted by atomic mass is 32.1. The fraction of sp³-hybridized carbons (Fsp3) is 0.0400. The molecular weight excluding hydrogens is 420 g/mol. The van der Waals surface area contributed by atoms with Crippen LogP contribution in [0.15, 0.2) is 89.7 Å². The van der Waals surface area contributed by atoms with E-state index in [0.717, 1.165) is 21.3 Å². The van der Waals surface area contributed by atoms with E-state index < -0.39 is 11.5 Å². The van der Waals surface area contributed by atoms with Crippen LogP contribution in [0.25, 0.3) is 32.6 Å². The van der Waals surface area contributed by atoms with Crippen molar-refractivity contribution in [3.8, 4) is 22.4 Å². The van der Waals surface area contributed by atoms with Crippen LogP contribution in [0.1, 0.15) is 10.4 Å². The maximum atomic E-state index is 13.5. The second kappa shape index (κ2) is 8.20. The first-order valence-electron chi connectivity index (χ1n) is 10.0. The Morgan fingerprint density at radius 1 is 0.875 bits per heavy atom. The molecule has 2 heterocycles. The van der Waals surface area contributed by atoms with Gasteiger partial charge in [-0.15, -0.1) is 0 Å². The number of aryl methyl sites for hydroxylation is 1. The zero-order chi connectivity index (χ0) is 22.1. The van der Waals surface area contributed by atoms with Gasteiger partial charge in [-0.25, -0.2) is 9.67 Å². The number of benzene rings is 3. The van der Waals surface area contributed by atoms with Crippen LogP contribution in [0.4, 0.5) is 5.13 Å². The number of nitrogens with one attached hydrogen (secondary N) is 1. The maximum absolute atomic E-state index is 13.5. The second-order valence-corrected chi connectivity index (χ2v) is 8.23. The highest BCUT2D eigenvalue weighted by Gasteiger charge is 2.25. The summed E-state index contributed by atoms with van der Waals surface area (Å²) in [7, 11) is 1.55. The molecule has 0 spiro atoms. The molecule has 156 valence electrons. The average molecular weight is 439 g/mol. The van der Waals surface area contributed by atoms with Crippen LogP contribution in [-0.2, 0) is 7.05 Å². The number of carbonyl (C=O) groups is 1. The van der Waals surface area contributed by atoms with Crippen LogP contribution in [0.2, 0.25) is 0 Å². The van der Waals surface area contributed by atoms with Crippen molar-refractivity contribution in [1.29, 1.82) is 0 Å². The molecule has 2 aromatic heterocycles. The lowest BCUT2D eigenvalue weighted by atomic mass is 9.95. The molecule has 5 rings (SSSR count). The topological polar surface area (TPSA) is 76.9 Å².